The van der Waals surface area contributed by atoms with Gasteiger partial charge in [-0.2, -0.15) is 0 Å². The Labute approximate surface area is 182 Å². The first kappa shape index (κ1) is 24.5. The molecule has 0 spiro atoms. The lowest BCUT2D eigenvalue weighted by Gasteiger charge is -2.26. The van der Waals surface area contributed by atoms with E-state index in [1.165, 1.54) is 0 Å². The number of amides is 3. The Hall–Kier alpha value is -2.78. The quantitative estimate of drug-likeness (QED) is 0.341. The van der Waals surface area contributed by atoms with Crippen molar-refractivity contribution in [3.8, 4) is 0 Å². The van der Waals surface area contributed by atoms with Gasteiger partial charge >= 0.3 is 5.97 Å². The molecule has 1 heterocycles. The van der Waals surface area contributed by atoms with Crippen molar-refractivity contribution >= 4 is 23.7 Å². The van der Waals surface area contributed by atoms with Gasteiger partial charge in [0.15, 0.2) is 0 Å². The van der Waals surface area contributed by atoms with Gasteiger partial charge in [-0.1, -0.05) is 26.0 Å². The van der Waals surface area contributed by atoms with Crippen molar-refractivity contribution in [3.63, 3.8) is 0 Å². The molecular formula is C22H30N2O7. The number of esters is 1. The second-order valence-corrected chi connectivity index (χ2v) is 8.47. The molecule has 0 saturated heterocycles. The van der Waals surface area contributed by atoms with Crippen molar-refractivity contribution in [1.82, 2.24) is 10.4 Å². The Morgan fingerprint density at radius 3 is 2.10 bits per heavy atom. The SMILES string of the molecule is CC(C)[C@H](NC(=O)CCOCCON1C(=O)c2ccccc2C1=O)C(=O)OC(C)(C)C. The highest BCUT2D eigenvalue weighted by molar-refractivity contribution is 6.20. The molecule has 1 N–H and O–H groups in total. The number of hydrogen-bond donors (Lipinski definition) is 1. The number of nitrogens with one attached hydrogen (secondary N) is 1. The molecule has 9 heteroatoms. The number of rotatable bonds is 10. The van der Waals surface area contributed by atoms with Crippen molar-refractivity contribution in [2.75, 3.05) is 19.8 Å². The van der Waals surface area contributed by atoms with E-state index in [0.717, 1.165) is 5.06 Å². The van der Waals surface area contributed by atoms with E-state index in [2.05, 4.69) is 5.32 Å². The molecule has 0 saturated carbocycles. The summed E-state index contributed by atoms with van der Waals surface area (Å²) < 4.78 is 10.7. The average Bonchev–Trinajstić information content (AvgIpc) is 2.92. The highest BCUT2D eigenvalue weighted by Gasteiger charge is 2.36. The third kappa shape index (κ3) is 6.86. The smallest absolute Gasteiger partial charge is 0.329 e. The zero-order valence-corrected chi connectivity index (χ0v) is 18.6. The summed E-state index contributed by atoms with van der Waals surface area (Å²) >= 11 is 0. The van der Waals surface area contributed by atoms with Crippen molar-refractivity contribution in [3.05, 3.63) is 35.4 Å². The summed E-state index contributed by atoms with van der Waals surface area (Å²) in [6, 6.07) is 5.73. The summed E-state index contributed by atoms with van der Waals surface area (Å²) in [4.78, 5) is 54.0. The zero-order chi connectivity index (χ0) is 23.2. The lowest BCUT2D eigenvalue weighted by Crippen LogP contribution is -2.47. The zero-order valence-electron chi connectivity index (χ0n) is 18.6. The van der Waals surface area contributed by atoms with Gasteiger partial charge in [0, 0.05) is 6.42 Å². The first-order valence-corrected chi connectivity index (χ1v) is 10.2. The van der Waals surface area contributed by atoms with E-state index in [9.17, 15) is 19.2 Å². The fourth-order valence-corrected chi connectivity index (χ4v) is 2.85. The maximum Gasteiger partial charge on any atom is 0.329 e. The van der Waals surface area contributed by atoms with E-state index in [1.54, 1.807) is 45.0 Å². The molecule has 31 heavy (non-hydrogen) atoms. The average molecular weight is 434 g/mol. The molecule has 170 valence electrons. The van der Waals surface area contributed by atoms with Gasteiger partial charge < -0.3 is 14.8 Å². The maximum atomic E-state index is 12.3. The van der Waals surface area contributed by atoms with Crippen LogP contribution >= 0.6 is 0 Å². The minimum Gasteiger partial charge on any atom is -0.458 e. The molecule has 0 unspecified atom stereocenters. The van der Waals surface area contributed by atoms with E-state index in [-0.39, 0.29) is 38.1 Å². The van der Waals surface area contributed by atoms with Crippen LogP contribution in [0.2, 0.25) is 0 Å². The van der Waals surface area contributed by atoms with Crippen LogP contribution in [0.1, 0.15) is 61.8 Å². The minimum atomic E-state index is -0.746. The van der Waals surface area contributed by atoms with E-state index >= 15 is 0 Å². The monoisotopic (exact) mass is 434 g/mol. The molecule has 0 aromatic heterocycles. The fraction of sp³-hybridized carbons (Fsp3) is 0.545. The van der Waals surface area contributed by atoms with Gasteiger partial charge in [-0.25, -0.2) is 4.79 Å². The predicted molar refractivity (Wildman–Crippen MR) is 111 cm³/mol. The molecule has 2 rings (SSSR count). The number of carbonyl (C=O) groups excluding carboxylic acids is 4. The highest BCUT2D eigenvalue weighted by Crippen LogP contribution is 2.22. The molecule has 1 aromatic rings. The number of fused-ring (bicyclic) bond motifs is 1. The van der Waals surface area contributed by atoms with Gasteiger partial charge in [0.1, 0.15) is 11.6 Å². The second-order valence-electron chi connectivity index (χ2n) is 8.47. The van der Waals surface area contributed by atoms with Crippen LogP contribution in [0.4, 0.5) is 0 Å². The molecule has 3 amide bonds. The number of carbonyl (C=O) groups is 4. The molecule has 9 nitrogen and oxygen atoms in total. The van der Waals surface area contributed by atoms with Crippen LogP contribution < -0.4 is 5.32 Å². The van der Waals surface area contributed by atoms with Gasteiger partial charge in [-0.05, 0) is 38.8 Å². The topological polar surface area (TPSA) is 111 Å². The maximum absolute atomic E-state index is 12.3. The third-order valence-corrected chi connectivity index (χ3v) is 4.32. The standard InChI is InChI=1S/C22H30N2O7/c1-14(2)18(21(28)31-22(3,4)5)23-17(25)10-11-29-12-13-30-24-19(26)15-8-6-7-9-16(15)20(24)27/h6-9,14,18H,10-13H2,1-5H3,(H,23,25)/t18-/m0/s1. The largest absolute Gasteiger partial charge is 0.458 e. The summed E-state index contributed by atoms with van der Waals surface area (Å²) in [5, 5.41) is 3.39. The lowest BCUT2D eigenvalue weighted by atomic mass is 10.0. The number of benzene rings is 1. The lowest BCUT2D eigenvalue weighted by molar-refractivity contribution is -0.160. The van der Waals surface area contributed by atoms with Gasteiger partial charge in [0.05, 0.1) is 30.9 Å². The van der Waals surface area contributed by atoms with Crippen molar-refractivity contribution < 1.29 is 33.5 Å². The van der Waals surface area contributed by atoms with E-state index in [1.807, 2.05) is 13.8 Å². The van der Waals surface area contributed by atoms with E-state index in [0.29, 0.717) is 11.1 Å². The summed E-state index contributed by atoms with van der Waals surface area (Å²) in [7, 11) is 0. The minimum absolute atomic E-state index is 0.0282. The Morgan fingerprint density at radius 2 is 1.58 bits per heavy atom. The van der Waals surface area contributed by atoms with Crippen LogP contribution in [0.3, 0.4) is 0 Å². The normalized spacial score (nSPS) is 14.6. The molecule has 1 aromatic carbocycles. The van der Waals surface area contributed by atoms with Crippen LogP contribution in [-0.4, -0.2) is 60.2 Å². The summed E-state index contributed by atoms with van der Waals surface area (Å²) in [6.45, 7) is 9.09. The molecule has 0 fully saturated rings. The number of imide groups is 1. The molecule has 0 radical (unpaired) electrons. The molecule has 0 bridgehead atoms. The summed E-state index contributed by atoms with van der Waals surface area (Å²) in [5.41, 5.74) is -0.0399. The Morgan fingerprint density at radius 1 is 1.00 bits per heavy atom. The number of hydroxylamine groups is 2. The fourth-order valence-electron chi connectivity index (χ4n) is 2.85. The molecule has 1 aliphatic heterocycles. The first-order valence-electron chi connectivity index (χ1n) is 10.2. The predicted octanol–water partition coefficient (Wildman–Crippen LogP) is 2.10. The molecule has 1 aliphatic rings. The molecule has 0 aliphatic carbocycles. The van der Waals surface area contributed by atoms with Gasteiger partial charge in [0.2, 0.25) is 5.91 Å². The summed E-state index contributed by atoms with van der Waals surface area (Å²) in [6.07, 6.45) is 0.0407. The van der Waals surface area contributed by atoms with Crippen LogP contribution in [0.5, 0.6) is 0 Å². The van der Waals surface area contributed by atoms with Crippen molar-refractivity contribution in [2.45, 2.75) is 52.7 Å². The number of hydrogen-bond acceptors (Lipinski definition) is 7. The highest BCUT2D eigenvalue weighted by atomic mass is 16.7. The van der Waals surface area contributed by atoms with Crippen LogP contribution in [0.25, 0.3) is 0 Å². The van der Waals surface area contributed by atoms with Crippen LogP contribution in [0, 0.1) is 5.92 Å². The summed E-state index contributed by atoms with van der Waals surface area (Å²) in [5.74, 6) is -1.98. The van der Waals surface area contributed by atoms with Crippen LogP contribution in [0.15, 0.2) is 24.3 Å². The Balaban J connectivity index is 1.68. The number of nitrogens with zero attached hydrogens (tertiary/aromatic N) is 1. The second kappa shape index (κ2) is 10.5. The van der Waals surface area contributed by atoms with E-state index in [4.69, 9.17) is 14.3 Å². The molecular weight excluding hydrogens is 404 g/mol. The van der Waals surface area contributed by atoms with Crippen LogP contribution in [-0.2, 0) is 23.9 Å². The Bertz CT molecular complexity index is 794. The molecule has 1 atom stereocenters. The van der Waals surface area contributed by atoms with E-state index < -0.39 is 29.4 Å². The van der Waals surface area contributed by atoms with Gasteiger partial charge in [0.25, 0.3) is 11.8 Å². The van der Waals surface area contributed by atoms with Crippen molar-refractivity contribution in [2.24, 2.45) is 5.92 Å². The Kier molecular flexibility index (Phi) is 8.29. The van der Waals surface area contributed by atoms with Gasteiger partial charge in [-0.3, -0.25) is 19.2 Å². The first-order chi connectivity index (χ1) is 14.5. The third-order valence-electron chi connectivity index (χ3n) is 4.32. The van der Waals surface area contributed by atoms with Gasteiger partial charge in [-0.15, -0.1) is 5.06 Å². The van der Waals surface area contributed by atoms with Crippen molar-refractivity contribution in [1.29, 1.82) is 0 Å². The number of ether oxygens (including phenoxy) is 2.